The average molecular weight is 446 g/mol. The van der Waals surface area contributed by atoms with E-state index in [4.69, 9.17) is 21.1 Å². The van der Waals surface area contributed by atoms with Crippen LogP contribution in [0.3, 0.4) is 0 Å². The molecular formula is C23H28ClN3O4. The SMILES string of the molecule is Cc1ccc(Cl)c(NC(=O)CN2CCN(CC(O)C3COc4ccccc4O3)CC2)c1. The van der Waals surface area contributed by atoms with Crippen LogP contribution in [-0.2, 0) is 4.79 Å². The van der Waals surface area contributed by atoms with Crippen molar-refractivity contribution in [3.8, 4) is 11.5 Å². The van der Waals surface area contributed by atoms with Gasteiger partial charge in [0, 0.05) is 32.7 Å². The number of aryl methyl sites for hydroxylation is 1. The van der Waals surface area contributed by atoms with Crippen LogP contribution in [0.4, 0.5) is 5.69 Å². The van der Waals surface area contributed by atoms with Gasteiger partial charge in [-0.05, 0) is 36.8 Å². The Bertz CT molecular complexity index is 917. The molecule has 2 aliphatic rings. The average Bonchev–Trinajstić information content (AvgIpc) is 2.77. The molecule has 2 heterocycles. The number of halogens is 1. The van der Waals surface area contributed by atoms with Crippen LogP contribution in [0, 0.1) is 6.92 Å². The molecule has 1 saturated heterocycles. The number of carbonyl (C=O) groups is 1. The van der Waals surface area contributed by atoms with Crippen LogP contribution in [0.2, 0.25) is 5.02 Å². The number of ether oxygens (including phenoxy) is 2. The Labute approximate surface area is 187 Å². The molecule has 0 aliphatic carbocycles. The summed E-state index contributed by atoms with van der Waals surface area (Å²) in [5.41, 5.74) is 1.69. The number of rotatable bonds is 6. The highest BCUT2D eigenvalue weighted by Gasteiger charge is 2.30. The summed E-state index contributed by atoms with van der Waals surface area (Å²) in [6.45, 7) is 6.19. The van der Waals surface area contributed by atoms with Crippen molar-refractivity contribution in [2.45, 2.75) is 19.1 Å². The first-order valence-electron chi connectivity index (χ1n) is 10.6. The monoisotopic (exact) mass is 445 g/mol. The third-order valence-corrected chi connectivity index (χ3v) is 5.96. The molecule has 166 valence electrons. The zero-order valence-electron chi connectivity index (χ0n) is 17.6. The van der Waals surface area contributed by atoms with Crippen molar-refractivity contribution in [1.29, 1.82) is 0 Å². The normalized spacial score (nSPS) is 20.3. The molecule has 2 N–H and O–H groups in total. The summed E-state index contributed by atoms with van der Waals surface area (Å²) >= 11 is 6.16. The van der Waals surface area contributed by atoms with Gasteiger partial charge in [-0.15, -0.1) is 0 Å². The molecule has 0 radical (unpaired) electrons. The number of benzene rings is 2. The second kappa shape index (κ2) is 9.87. The number of nitrogens with zero attached hydrogens (tertiary/aromatic N) is 2. The van der Waals surface area contributed by atoms with E-state index in [0.717, 1.165) is 31.7 Å². The lowest BCUT2D eigenvalue weighted by Gasteiger charge is -2.37. The third kappa shape index (κ3) is 5.68. The second-order valence-electron chi connectivity index (χ2n) is 8.09. The Balaban J connectivity index is 1.21. The fraction of sp³-hybridized carbons (Fsp3) is 0.435. The fourth-order valence-corrected chi connectivity index (χ4v) is 4.03. The number of nitrogens with one attached hydrogen (secondary N) is 1. The van der Waals surface area contributed by atoms with Gasteiger partial charge in [0.25, 0.3) is 0 Å². The Morgan fingerprint density at radius 1 is 1.16 bits per heavy atom. The molecular weight excluding hydrogens is 418 g/mol. The van der Waals surface area contributed by atoms with E-state index in [9.17, 15) is 9.90 Å². The minimum Gasteiger partial charge on any atom is -0.486 e. The topological polar surface area (TPSA) is 74.3 Å². The standard InChI is InChI=1S/C23H28ClN3O4/c1-16-6-7-17(24)18(12-16)25-23(29)14-27-10-8-26(9-11-27)13-19(28)22-15-30-20-4-2-3-5-21(20)31-22/h2-7,12,19,22,28H,8-11,13-15H2,1H3,(H,25,29). The number of anilines is 1. The molecule has 1 fully saturated rings. The van der Waals surface area contributed by atoms with E-state index in [1.54, 1.807) is 6.07 Å². The predicted octanol–water partition coefficient (Wildman–Crippen LogP) is 2.41. The van der Waals surface area contributed by atoms with Crippen molar-refractivity contribution < 1.29 is 19.4 Å². The zero-order chi connectivity index (χ0) is 21.8. The van der Waals surface area contributed by atoms with Gasteiger partial charge in [0.1, 0.15) is 12.7 Å². The van der Waals surface area contributed by atoms with Gasteiger partial charge in [0.2, 0.25) is 5.91 Å². The minimum absolute atomic E-state index is 0.0765. The molecule has 4 rings (SSSR count). The second-order valence-corrected chi connectivity index (χ2v) is 8.50. The molecule has 0 bridgehead atoms. The van der Waals surface area contributed by atoms with Crippen molar-refractivity contribution in [3.05, 3.63) is 53.1 Å². The Morgan fingerprint density at radius 3 is 2.65 bits per heavy atom. The summed E-state index contributed by atoms with van der Waals surface area (Å²) < 4.78 is 11.6. The summed E-state index contributed by atoms with van der Waals surface area (Å²) in [5.74, 6) is 1.31. The lowest BCUT2D eigenvalue weighted by molar-refractivity contribution is -0.117. The zero-order valence-corrected chi connectivity index (χ0v) is 18.3. The molecule has 31 heavy (non-hydrogen) atoms. The number of hydrogen-bond acceptors (Lipinski definition) is 6. The maximum atomic E-state index is 12.4. The number of hydrogen-bond donors (Lipinski definition) is 2. The van der Waals surface area contributed by atoms with E-state index in [-0.39, 0.29) is 5.91 Å². The molecule has 2 aromatic rings. The van der Waals surface area contributed by atoms with Crippen LogP contribution in [-0.4, -0.2) is 78.9 Å². The Hall–Kier alpha value is -2.32. The van der Waals surface area contributed by atoms with E-state index in [0.29, 0.717) is 41.9 Å². The molecule has 1 amide bonds. The van der Waals surface area contributed by atoms with Crippen LogP contribution in [0.25, 0.3) is 0 Å². The van der Waals surface area contributed by atoms with Gasteiger partial charge in [0.15, 0.2) is 17.6 Å². The van der Waals surface area contributed by atoms with Crippen molar-refractivity contribution >= 4 is 23.2 Å². The van der Waals surface area contributed by atoms with Crippen molar-refractivity contribution in [2.24, 2.45) is 0 Å². The highest BCUT2D eigenvalue weighted by molar-refractivity contribution is 6.33. The number of fused-ring (bicyclic) bond motifs is 1. The maximum Gasteiger partial charge on any atom is 0.238 e. The molecule has 0 saturated carbocycles. The van der Waals surface area contributed by atoms with Gasteiger partial charge in [-0.25, -0.2) is 0 Å². The van der Waals surface area contributed by atoms with Crippen molar-refractivity contribution in [3.63, 3.8) is 0 Å². The Morgan fingerprint density at radius 2 is 1.87 bits per heavy atom. The van der Waals surface area contributed by atoms with Gasteiger partial charge in [-0.2, -0.15) is 0 Å². The molecule has 2 atom stereocenters. The van der Waals surface area contributed by atoms with Crippen LogP contribution in [0.15, 0.2) is 42.5 Å². The minimum atomic E-state index is -0.647. The number of para-hydroxylation sites is 2. The van der Waals surface area contributed by atoms with Gasteiger partial charge in [-0.3, -0.25) is 14.6 Å². The number of amides is 1. The summed E-state index contributed by atoms with van der Waals surface area (Å²) in [7, 11) is 0. The highest BCUT2D eigenvalue weighted by Crippen LogP contribution is 2.31. The van der Waals surface area contributed by atoms with Crippen LogP contribution in [0.5, 0.6) is 11.5 Å². The number of aliphatic hydroxyl groups is 1. The molecule has 8 heteroatoms. The highest BCUT2D eigenvalue weighted by atomic mass is 35.5. The van der Waals surface area contributed by atoms with E-state index in [2.05, 4.69) is 15.1 Å². The summed E-state index contributed by atoms with van der Waals surface area (Å²) in [5, 5.41) is 14.1. The lowest BCUT2D eigenvalue weighted by atomic mass is 10.1. The van der Waals surface area contributed by atoms with E-state index >= 15 is 0 Å². The molecule has 0 spiro atoms. The first-order chi connectivity index (χ1) is 15.0. The molecule has 2 aromatic carbocycles. The lowest BCUT2D eigenvalue weighted by Crippen LogP contribution is -2.53. The van der Waals surface area contributed by atoms with Crippen molar-refractivity contribution in [2.75, 3.05) is 51.2 Å². The van der Waals surface area contributed by atoms with E-state index < -0.39 is 12.2 Å². The van der Waals surface area contributed by atoms with Crippen molar-refractivity contribution in [1.82, 2.24) is 9.80 Å². The van der Waals surface area contributed by atoms with Gasteiger partial charge in [-0.1, -0.05) is 29.8 Å². The van der Waals surface area contributed by atoms with Gasteiger partial charge in [0.05, 0.1) is 17.3 Å². The summed E-state index contributed by atoms with van der Waals surface area (Å²) in [4.78, 5) is 16.7. The first kappa shape index (κ1) is 21.9. The maximum absolute atomic E-state index is 12.4. The quantitative estimate of drug-likeness (QED) is 0.711. The summed E-state index contributed by atoms with van der Waals surface area (Å²) in [6.07, 6.45) is -1.04. The first-order valence-corrected chi connectivity index (χ1v) is 10.9. The molecule has 0 aromatic heterocycles. The largest absolute Gasteiger partial charge is 0.486 e. The number of carbonyl (C=O) groups excluding carboxylic acids is 1. The Kier molecular flexibility index (Phi) is 6.97. The number of β-amino-alcohol motifs (C(OH)–C–C–N with tert-alkyl or cyclic N) is 1. The molecule has 2 aliphatic heterocycles. The van der Waals surface area contributed by atoms with Crippen LogP contribution >= 0.6 is 11.6 Å². The van der Waals surface area contributed by atoms with Crippen LogP contribution in [0.1, 0.15) is 5.56 Å². The number of aliphatic hydroxyl groups excluding tert-OH is 1. The van der Waals surface area contributed by atoms with E-state index in [1.165, 1.54) is 0 Å². The molecule has 2 unspecified atom stereocenters. The predicted molar refractivity (Wildman–Crippen MR) is 120 cm³/mol. The number of piperazine rings is 1. The smallest absolute Gasteiger partial charge is 0.238 e. The van der Waals surface area contributed by atoms with Crippen LogP contribution < -0.4 is 14.8 Å². The van der Waals surface area contributed by atoms with Gasteiger partial charge >= 0.3 is 0 Å². The summed E-state index contributed by atoms with van der Waals surface area (Å²) in [6, 6.07) is 13.1. The van der Waals surface area contributed by atoms with E-state index in [1.807, 2.05) is 43.3 Å². The third-order valence-electron chi connectivity index (χ3n) is 5.63. The fourth-order valence-electron chi connectivity index (χ4n) is 3.87. The van der Waals surface area contributed by atoms with Gasteiger partial charge < -0.3 is 19.9 Å². The molecule has 7 nitrogen and oxygen atoms in total.